The molecule has 0 bridgehead atoms. The zero-order valence-electron chi connectivity index (χ0n) is 9.06. The quantitative estimate of drug-likeness (QED) is 0.498. The summed E-state index contributed by atoms with van der Waals surface area (Å²) in [5.74, 6) is -1.69. The van der Waals surface area contributed by atoms with Crippen LogP contribution in [0, 0.1) is 5.92 Å². The maximum atomic E-state index is 11.6. The average Bonchev–Trinajstić information content (AvgIpc) is 2.25. The molecule has 0 radical (unpaired) electrons. The van der Waals surface area contributed by atoms with Crippen LogP contribution in [0.25, 0.3) is 0 Å². The molecule has 0 aromatic carbocycles. The molecule has 0 aromatic rings. The summed E-state index contributed by atoms with van der Waals surface area (Å²) in [6.45, 7) is -0.250. The number of aliphatic carboxylic acids is 1. The number of nitrogens with one attached hydrogen (secondary N) is 1. The number of hydrogen-bond acceptors (Lipinski definition) is 4. The Morgan fingerprint density at radius 2 is 2.12 bits per heavy atom. The highest BCUT2D eigenvalue weighted by atomic mass is 16.4. The van der Waals surface area contributed by atoms with Crippen LogP contribution in [0.1, 0.15) is 25.7 Å². The van der Waals surface area contributed by atoms with E-state index < -0.39 is 12.1 Å². The molecule has 92 valence electrons. The lowest BCUT2D eigenvalue weighted by atomic mass is 9.85. The van der Waals surface area contributed by atoms with Crippen molar-refractivity contribution in [3.63, 3.8) is 0 Å². The largest absolute Gasteiger partial charge is 0.479 e. The van der Waals surface area contributed by atoms with Crippen molar-refractivity contribution in [1.29, 1.82) is 0 Å². The van der Waals surface area contributed by atoms with Crippen LogP contribution in [0.15, 0.2) is 0 Å². The number of carbonyl (C=O) groups is 2. The summed E-state index contributed by atoms with van der Waals surface area (Å²) < 4.78 is 0. The normalized spacial score (nSPS) is 27.1. The van der Waals surface area contributed by atoms with Gasteiger partial charge in [0.15, 0.2) is 6.10 Å². The molecule has 0 heterocycles. The highest BCUT2D eigenvalue weighted by molar-refractivity contribution is 5.80. The molecule has 0 aliphatic heterocycles. The van der Waals surface area contributed by atoms with Crippen LogP contribution in [0.2, 0.25) is 0 Å². The number of rotatable bonds is 4. The molecule has 0 spiro atoms. The van der Waals surface area contributed by atoms with E-state index in [9.17, 15) is 9.59 Å². The monoisotopic (exact) mass is 230 g/mol. The SMILES string of the molecule is NC1CCCC(C(=O)NC[C@H](O)C(=O)O)C1. The van der Waals surface area contributed by atoms with Crippen molar-refractivity contribution in [2.45, 2.75) is 37.8 Å². The van der Waals surface area contributed by atoms with Crippen molar-refractivity contribution in [3.05, 3.63) is 0 Å². The van der Waals surface area contributed by atoms with E-state index >= 15 is 0 Å². The van der Waals surface area contributed by atoms with Crippen LogP contribution in [0.5, 0.6) is 0 Å². The molecule has 6 heteroatoms. The minimum atomic E-state index is -1.54. The molecule has 3 atom stereocenters. The Morgan fingerprint density at radius 3 is 2.69 bits per heavy atom. The number of carbonyl (C=O) groups excluding carboxylic acids is 1. The predicted octanol–water partition coefficient (Wildman–Crippen LogP) is -0.934. The summed E-state index contributed by atoms with van der Waals surface area (Å²) in [4.78, 5) is 21.9. The van der Waals surface area contributed by atoms with Gasteiger partial charge in [0.05, 0.1) is 6.54 Å². The van der Waals surface area contributed by atoms with Gasteiger partial charge in [0.25, 0.3) is 0 Å². The number of carboxylic acids is 1. The van der Waals surface area contributed by atoms with E-state index in [0.29, 0.717) is 6.42 Å². The number of hydrogen-bond donors (Lipinski definition) is 4. The lowest BCUT2D eigenvalue weighted by Crippen LogP contribution is -2.42. The van der Waals surface area contributed by atoms with E-state index in [-0.39, 0.29) is 24.4 Å². The number of amides is 1. The van der Waals surface area contributed by atoms with Crippen LogP contribution in [0.3, 0.4) is 0 Å². The Labute approximate surface area is 93.8 Å². The minimum Gasteiger partial charge on any atom is -0.479 e. The molecule has 16 heavy (non-hydrogen) atoms. The van der Waals surface area contributed by atoms with Gasteiger partial charge in [-0.3, -0.25) is 4.79 Å². The molecule has 1 aliphatic rings. The Morgan fingerprint density at radius 1 is 1.44 bits per heavy atom. The maximum absolute atomic E-state index is 11.6. The summed E-state index contributed by atoms with van der Waals surface area (Å²) in [5.41, 5.74) is 5.74. The number of carboxylic acid groups (broad SMARTS) is 1. The van der Waals surface area contributed by atoms with Gasteiger partial charge in [-0.25, -0.2) is 4.79 Å². The fourth-order valence-corrected chi connectivity index (χ4v) is 1.89. The highest BCUT2D eigenvalue weighted by Gasteiger charge is 2.26. The Bertz CT molecular complexity index is 270. The van der Waals surface area contributed by atoms with Crippen molar-refractivity contribution < 1.29 is 19.8 Å². The fraction of sp³-hybridized carbons (Fsp3) is 0.800. The van der Waals surface area contributed by atoms with E-state index in [1.54, 1.807) is 0 Å². The van der Waals surface area contributed by atoms with Gasteiger partial charge in [-0.2, -0.15) is 0 Å². The minimum absolute atomic E-state index is 0.0499. The topological polar surface area (TPSA) is 113 Å². The molecule has 1 aliphatic carbocycles. The van der Waals surface area contributed by atoms with E-state index in [2.05, 4.69) is 5.32 Å². The summed E-state index contributed by atoms with van der Waals surface area (Å²) in [6.07, 6.45) is 1.72. The molecule has 5 N–H and O–H groups in total. The summed E-state index contributed by atoms with van der Waals surface area (Å²) >= 11 is 0. The van der Waals surface area contributed by atoms with Crippen LogP contribution in [0.4, 0.5) is 0 Å². The van der Waals surface area contributed by atoms with Gasteiger partial charge < -0.3 is 21.3 Å². The third-order valence-corrected chi connectivity index (χ3v) is 2.84. The van der Waals surface area contributed by atoms with E-state index in [1.807, 2.05) is 0 Å². The zero-order chi connectivity index (χ0) is 12.1. The first-order valence-corrected chi connectivity index (χ1v) is 5.45. The number of nitrogens with two attached hydrogens (primary N) is 1. The van der Waals surface area contributed by atoms with Crippen LogP contribution in [-0.4, -0.2) is 40.8 Å². The van der Waals surface area contributed by atoms with Crippen molar-refractivity contribution >= 4 is 11.9 Å². The van der Waals surface area contributed by atoms with Crippen LogP contribution < -0.4 is 11.1 Å². The lowest BCUT2D eigenvalue weighted by Gasteiger charge is -2.25. The Hall–Kier alpha value is -1.14. The molecule has 6 nitrogen and oxygen atoms in total. The molecule has 1 fully saturated rings. The van der Waals surface area contributed by atoms with E-state index in [0.717, 1.165) is 19.3 Å². The molecule has 0 aromatic heterocycles. The van der Waals surface area contributed by atoms with Gasteiger partial charge in [0.2, 0.25) is 5.91 Å². The van der Waals surface area contributed by atoms with Gasteiger partial charge in [-0.15, -0.1) is 0 Å². The molecular formula is C10H18N2O4. The number of aliphatic hydroxyl groups is 1. The third-order valence-electron chi connectivity index (χ3n) is 2.84. The molecule has 2 unspecified atom stereocenters. The van der Waals surface area contributed by atoms with E-state index in [1.165, 1.54) is 0 Å². The van der Waals surface area contributed by atoms with Crippen molar-refractivity contribution in [2.75, 3.05) is 6.54 Å². The van der Waals surface area contributed by atoms with Gasteiger partial charge >= 0.3 is 5.97 Å². The standard InChI is InChI=1S/C10H18N2O4/c11-7-3-1-2-6(4-7)9(14)12-5-8(13)10(15)16/h6-8,13H,1-5,11H2,(H,12,14)(H,15,16)/t6?,7?,8-/m0/s1. The predicted molar refractivity (Wildman–Crippen MR) is 56.6 cm³/mol. The second kappa shape index (κ2) is 5.81. The third kappa shape index (κ3) is 3.79. The van der Waals surface area contributed by atoms with Gasteiger partial charge in [-0.1, -0.05) is 6.42 Å². The Kier molecular flexibility index (Phi) is 4.70. The lowest BCUT2D eigenvalue weighted by molar-refractivity contribution is -0.146. The smallest absolute Gasteiger partial charge is 0.334 e. The summed E-state index contributed by atoms with van der Waals surface area (Å²) in [7, 11) is 0. The second-order valence-corrected chi connectivity index (χ2v) is 4.22. The fourth-order valence-electron chi connectivity index (χ4n) is 1.89. The Balaban J connectivity index is 2.31. The van der Waals surface area contributed by atoms with Crippen LogP contribution in [-0.2, 0) is 9.59 Å². The van der Waals surface area contributed by atoms with E-state index in [4.69, 9.17) is 15.9 Å². The van der Waals surface area contributed by atoms with Gasteiger partial charge in [-0.05, 0) is 19.3 Å². The maximum Gasteiger partial charge on any atom is 0.334 e. The summed E-state index contributed by atoms with van der Waals surface area (Å²) in [5, 5.41) is 19.8. The number of aliphatic hydroxyl groups excluding tert-OH is 1. The molecular weight excluding hydrogens is 212 g/mol. The molecule has 1 rings (SSSR count). The van der Waals surface area contributed by atoms with Gasteiger partial charge in [0.1, 0.15) is 0 Å². The zero-order valence-corrected chi connectivity index (χ0v) is 9.06. The van der Waals surface area contributed by atoms with Crippen molar-refractivity contribution in [1.82, 2.24) is 5.32 Å². The van der Waals surface area contributed by atoms with Crippen LogP contribution >= 0.6 is 0 Å². The first-order chi connectivity index (χ1) is 7.50. The second-order valence-electron chi connectivity index (χ2n) is 4.22. The highest BCUT2D eigenvalue weighted by Crippen LogP contribution is 2.22. The molecule has 0 saturated heterocycles. The summed E-state index contributed by atoms with van der Waals surface area (Å²) in [6, 6.07) is 0.0499. The average molecular weight is 230 g/mol. The first-order valence-electron chi connectivity index (χ1n) is 5.45. The molecule has 1 saturated carbocycles. The molecule has 1 amide bonds. The van der Waals surface area contributed by atoms with Crippen molar-refractivity contribution in [2.24, 2.45) is 11.7 Å². The first kappa shape index (κ1) is 12.9. The van der Waals surface area contributed by atoms with Gasteiger partial charge in [0, 0.05) is 12.0 Å². The van der Waals surface area contributed by atoms with Crippen molar-refractivity contribution in [3.8, 4) is 0 Å².